The number of thioether (sulfide) groups is 1. The van der Waals surface area contributed by atoms with Gasteiger partial charge in [0.25, 0.3) is 0 Å². The number of halogens is 2. The highest BCUT2D eigenvalue weighted by Gasteiger charge is 2.27. The molecule has 3 aromatic rings. The Hall–Kier alpha value is -2.27. The van der Waals surface area contributed by atoms with Crippen molar-refractivity contribution in [3.8, 4) is 5.75 Å². The second kappa shape index (κ2) is 13.2. The van der Waals surface area contributed by atoms with E-state index < -0.39 is 6.10 Å². The van der Waals surface area contributed by atoms with Gasteiger partial charge in [-0.25, -0.2) is 4.79 Å². The molecular weight excluding hydrogens is 567 g/mol. The predicted molar refractivity (Wildman–Crippen MR) is 152 cm³/mol. The van der Waals surface area contributed by atoms with Crippen LogP contribution in [0.5, 0.6) is 5.75 Å². The highest BCUT2D eigenvalue weighted by molar-refractivity contribution is 7.99. The van der Waals surface area contributed by atoms with E-state index in [1.165, 1.54) is 28.0 Å². The molecule has 1 aliphatic rings. The summed E-state index contributed by atoms with van der Waals surface area (Å²) < 4.78 is 13.2. The molecule has 1 aliphatic carbocycles. The molecule has 0 spiro atoms. The van der Waals surface area contributed by atoms with Crippen LogP contribution in [0.1, 0.15) is 72.8 Å². The number of carbonyl (C=O) groups is 2. The molecule has 0 fully saturated rings. The summed E-state index contributed by atoms with van der Waals surface area (Å²) in [7, 11) is 0. The van der Waals surface area contributed by atoms with Crippen molar-refractivity contribution in [1.82, 2.24) is 14.8 Å². The maximum atomic E-state index is 13.0. The second-order valence-electron chi connectivity index (χ2n) is 8.75. The molecule has 1 atom stereocenters. The van der Waals surface area contributed by atoms with Gasteiger partial charge in [0.15, 0.2) is 17.1 Å². The Morgan fingerprint density at radius 2 is 1.97 bits per heavy atom. The fraction of sp³-hybridized carbons (Fsp3) is 0.462. The summed E-state index contributed by atoms with van der Waals surface area (Å²) in [5, 5.41) is 13.7. The van der Waals surface area contributed by atoms with Gasteiger partial charge in [0.1, 0.15) is 10.8 Å². The number of fused-ring (bicyclic) bond motifs is 1. The van der Waals surface area contributed by atoms with Crippen molar-refractivity contribution in [3.63, 3.8) is 0 Å². The number of nitrogens with zero attached hydrogens (tertiary/aromatic N) is 3. The van der Waals surface area contributed by atoms with E-state index in [9.17, 15) is 9.59 Å². The molecule has 1 N–H and O–H groups in total. The Kier molecular flexibility index (Phi) is 9.97. The Bertz CT molecular complexity index is 1310. The third-order valence-electron chi connectivity index (χ3n) is 6.11. The third-order valence-corrected chi connectivity index (χ3v) is 8.81. The monoisotopic (exact) mass is 596 g/mol. The van der Waals surface area contributed by atoms with Crippen LogP contribution < -0.4 is 10.1 Å². The van der Waals surface area contributed by atoms with Crippen LogP contribution in [0.25, 0.3) is 0 Å². The van der Waals surface area contributed by atoms with E-state index in [2.05, 4.69) is 15.5 Å². The quantitative estimate of drug-likeness (QED) is 0.153. The molecule has 2 aromatic heterocycles. The first-order valence-corrected chi connectivity index (χ1v) is 15.2. The van der Waals surface area contributed by atoms with Crippen molar-refractivity contribution < 1.29 is 19.1 Å². The van der Waals surface area contributed by atoms with Crippen LogP contribution in [0, 0.1) is 0 Å². The molecule has 12 heteroatoms. The van der Waals surface area contributed by atoms with Crippen molar-refractivity contribution in [2.24, 2.45) is 0 Å². The summed E-state index contributed by atoms with van der Waals surface area (Å²) in [4.78, 5) is 26.9. The molecule has 0 aliphatic heterocycles. The average Bonchev–Trinajstić information content (AvgIpc) is 3.37. The largest absolute Gasteiger partial charge is 0.481 e. The number of aryl methyl sites for hydroxylation is 1. The summed E-state index contributed by atoms with van der Waals surface area (Å²) in [5.74, 6) is 0.630. The lowest BCUT2D eigenvalue weighted by Gasteiger charge is -2.16. The minimum atomic E-state index is -0.432. The number of rotatable bonds is 10. The Labute approximate surface area is 240 Å². The van der Waals surface area contributed by atoms with E-state index in [1.807, 2.05) is 18.4 Å². The van der Waals surface area contributed by atoms with Crippen molar-refractivity contribution in [2.75, 3.05) is 17.7 Å². The maximum Gasteiger partial charge on any atom is 0.341 e. The highest BCUT2D eigenvalue weighted by Crippen LogP contribution is 2.38. The van der Waals surface area contributed by atoms with E-state index in [0.717, 1.165) is 37.7 Å². The smallest absolute Gasteiger partial charge is 0.341 e. The molecule has 38 heavy (non-hydrogen) atoms. The number of anilines is 1. The number of esters is 1. The summed E-state index contributed by atoms with van der Waals surface area (Å²) in [6, 6.07) is 5.04. The zero-order valence-corrected chi connectivity index (χ0v) is 24.7. The zero-order valence-electron chi connectivity index (χ0n) is 21.5. The summed E-state index contributed by atoms with van der Waals surface area (Å²) >= 11 is 15.0. The van der Waals surface area contributed by atoms with Crippen molar-refractivity contribution >= 4 is 63.2 Å². The first-order chi connectivity index (χ1) is 18.3. The molecule has 1 aromatic carbocycles. The van der Waals surface area contributed by atoms with Crippen LogP contribution in [-0.4, -0.2) is 39.0 Å². The van der Waals surface area contributed by atoms with Crippen LogP contribution in [0.3, 0.4) is 0 Å². The van der Waals surface area contributed by atoms with Crippen LogP contribution in [0.15, 0.2) is 23.4 Å². The Balaban J connectivity index is 1.44. The number of hydrogen-bond donors (Lipinski definition) is 1. The topological polar surface area (TPSA) is 95.3 Å². The number of thiophene rings is 1. The van der Waals surface area contributed by atoms with Crippen LogP contribution >= 0.6 is 46.3 Å². The van der Waals surface area contributed by atoms with Crippen LogP contribution in [-0.2, 0) is 28.9 Å². The molecule has 1 unspecified atom stereocenters. The van der Waals surface area contributed by atoms with Gasteiger partial charge in [0.2, 0.25) is 5.91 Å². The molecule has 8 nitrogen and oxygen atoms in total. The van der Waals surface area contributed by atoms with E-state index in [4.69, 9.17) is 32.7 Å². The standard InChI is InChI=1S/C26H30Cl2N4O4S2/c1-4-32-23(15(3)36-19-12-11-16(27)13-18(19)28)30-31-26(32)37-14-21(33)29-24-22(25(34)35-5-2)17-9-7-6-8-10-20(17)38-24/h11-13,15H,4-10,14H2,1-3H3,(H,29,33). The van der Waals surface area contributed by atoms with Gasteiger partial charge in [-0.1, -0.05) is 41.4 Å². The van der Waals surface area contributed by atoms with Gasteiger partial charge in [0, 0.05) is 16.4 Å². The minimum absolute atomic E-state index is 0.112. The minimum Gasteiger partial charge on any atom is -0.481 e. The van der Waals surface area contributed by atoms with Gasteiger partial charge >= 0.3 is 5.97 Å². The van der Waals surface area contributed by atoms with E-state index in [-0.39, 0.29) is 24.2 Å². The zero-order chi connectivity index (χ0) is 27.2. The van der Waals surface area contributed by atoms with Gasteiger partial charge in [-0.05, 0) is 70.2 Å². The maximum absolute atomic E-state index is 13.0. The molecule has 0 saturated carbocycles. The fourth-order valence-electron chi connectivity index (χ4n) is 4.36. The predicted octanol–water partition coefficient (Wildman–Crippen LogP) is 6.98. The van der Waals surface area contributed by atoms with E-state index >= 15 is 0 Å². The first-order valence-electron chi connectivity index (χ1n) is 12.6. The van der Waals surface area contributed by atoms with Gasteiger partial charge in [-0.2, -0.15) is 0 Å². The summed E-state index contributed by atoms with van der Waals surface area (Å²) in [5.41, 5.74) is 1.54. The van der Waals surface area contributed by atoms with Crippen molar-refractivity contribution in [1.29, 1.82) is 0 Å². The summed E-state index contributed by atoms with van der Waals surface area (Å²) in [6.45, 7) is 6.50. The van der Waals surface area contributed by atoms with Gasteiger partial charge in [0.05, 0.1) is 22.9 Å². The average molecular weight is 598 g/mol. The number of hydrogen-bond acceptors (Lipinski definition) is 8. The lowest BCUT2D eigenvalue weighted by Crippen LogP contribution is -2.17. The van der Waals surface area contributed by atoms with Crippen molar-refractivity contribution in [3.05, 3.63) is 50.1 Å². The molecule has 1 amide bonds. The van der Waals surface area contributed by atoms with Crippen LogP contribution in [0.4, 0.5) is 5.00 Å². The lowest BCUT2D eigenvalue weighted by atomic mass is 10.1. The molecule has 0 radical (unpaired) electrons. The van der Waals surface area contributed by atoms with Crippen LogP contribution in [0.2, 0.25) is 10.0 Å². The molecule has 204 valence electrons. The number of nitrogens with one attached hydrogen (secondary N) is 1. The van der Waals surface area contributed by atoms with E-state index in [0.29, 0.717) is 43.9 Å². The summed E-state index contributed by atoms with van der Waals surface area (Å²) in [6.07, 6.45) is 4.56. The normalized spacial score (nSPS) is 13.9. The SMILES string of the molecule is CCOC(=O)c1c(NC(=O)CSc2nnc(C(C)Oc3ccc(Cl)cc3Cl)n2CC)sc2c1CCCCC2. The van der Waals surface area contributed by atoms with Crippen molar-refractivity contribution in [2.45, 2.75) is 70.7 Å². The number of ether oxygens (including phenoxy) is 2. The number of benzene rings is 1. The Morgan fingerprint density at radius 3 is 2.71 bits per heavy atom. The molecule has 0 bridgehead atoms. The highest BCUT2D eigenvalue weighted by atomic mass is 35.5. The fourth-order valence-corrected chi connectivity index (χ4v) is 6.92. The third kappa shape index (κ3) is 6.65. The van der Waals surface area contributed by atoms with Gasteiger partial charge in [-0.3, -0.25) is 4.79 Å². The molecule has 2 heterocycles. The van der Waals surface area contributed by atoms with E-state index in [1.54, 1.807) is 25.1 Å². The van der Waals surface area contributed by atoms with Gasteiger partial charge < -0.3 is 19.4 Å². The number of amides is 1. The molecular formula is C26H30Cl2N4O4S2. The second-order valence-corrected chi connectivity index (χ2v) is 11.6. The first kappa shape index (κ1) is 28.7. The lowest BCUT2D eigenvalue weighted by molar-refractivity contribution is -0.113. The Morgan fingerprint density at radius 1 is 1.18 bits per heavy atom. The number of carbonyl (C=O) groups excluding carboxylic acids is 2. The molecule has 0 saturated heterocycles. The number of aromatic nitrogens is 3. The van der Waals surface area contributed by atoms with Gasteiger partial charge in [-0.15, -0.1) is 21.5 Å². The molecule has 4 rings (SSSR count).